The number of hydrogen-bond donors (Lipinski definition) is 3. The fourth-order valence-corrected chi connectivity index (χ4v) is 5.93. The van der Waals surface area contributed by atoms with Gasteiger partial charge in [-0.25, -0.2) is 13.2 Å². The number of anilines is 1. The van der Waals surface area contributed by atoms with E-state index in [4.69, 9.17) is 4.42 Å². The molecule has 0 aliphatic carbocycles. The van der Waals surface area contributed by atoms with Crippen molar-refractivity contribution < 1.29 is 27.5 Å². The van der Waals surface area contributed by atoms with E-state index in [0.717, 1.165) is 0 Å². The lowest BCUT2D eigenvalue weighted by atomic mass is 9.88. The highest BCUT2D eigenvalue weighted by Gasteiger charge is 2.29. The third-order valence-corrected chi connectivity index (χ3v) is 7.92. The molecular formula is C28H24N2O7S. The van der Waals surface area contributed by atoms with E-state index in [2.05, 4.69) is 10.0 Å². The van der Waals surface area contributed by atoms with Gasteiger partial charge >= 0.3 is 5.63 Å². The first kappa shape index (κ1) is 25.2. The number of amides is 2. The van der Waals surface area contributed by atoms with Crippen molar-refractivity contribution in [1.82, 2.24) is 5.32 Å². The van der Waals surface area contributed by atoms with Crippen LogP contribution in [0.25, 0.3) is 11.0 Å². The second kappa shape index (κ2) is 9.79. The number of carbonyl (C=O) groups is 2. The molecule has 0 fully saturated rings. The maximum Gasteiger partial charge on any atom is 0.343 e. The van der Waals surface area contributed by atoms with E-state index in [0.29, 0.717) is 22.9 Å². The Balaban J connectivity index is 1.39. The van der Waals surface area contributed by atoms with Gasteiger partial charge in [0.1, 0.15) is 11.3 Å². The number of para-hydroxylation sites is 1. The van der Waals surface area contributed by atoms with Crippen molar-refractivity contribution in [1.29, 1.82) is 0 Å². The minimum Gasteiger partial charge on any atom is -0.507 e. The number of aryl methyl sites for hydroxylation is 1. The minimum atomic E-state index is -3.84. The van der Waals surface area contributed by atoms with E-state index in [-0.39, 0.29) is 45.9 Å². The summed E-state index contributed by atoms with van der Waals surface area (Å²) in [6.07, 6.45) is 0.481. The molecule has 0 saturated heterocycles. The second-order valence-electron chi connectivity index (χ2n) is 9.03. The van der Waals surface area contributed by atoms with Gasteiger partial charge in [-0.2, -0.15) is 0 Å². The Kier molecular flexibility index (Phi) is 6.50. The van der Waals surface area contributed by atoms with Gasteiger partial charge < -0.3 is 9.52 Å². The van der Waals surface area contributed by atoms with Crippen molar-refractivity contribution >= 4 is 38.5 Å². The van der Waals surface area contributed by atoms with Crippen molar-refractivity contribution in [2.45, 2.75) is 25.7 Å². The largest absolute Gasteiger partial charge is 0.507 e. The summed E-state index contributed by atoms with van der Waals surface area (Å²) in [7, 11) is -3.84. The van der Waals surface area contributed by atoms with Crippen LogP contribution in [0.3, 0.4) is 0 Å². The van der Waals surface area contributed by atoms with E-state index >= 15 is 0 Å². The van der Waals surface area contributed by atoms with E-state index in [1.165, 1.54) is 6.07 Å². The Labute approximate surface area is 218 Å². The SMILES string of the molecule is CCC(c1cccc(NS(=O)(=O)CCc2cccc3c2C(=O)NC3=O)c1)c1c(O)c2ccccc2oc1=O. The third-order valence-electron chi connectivity index (χ3n) is 6.63. The molecule has 5 rings (SSSR count). The van der Waals surface area contributed by atoms with Crippen molar-refractivity contribution in [3.8, 4) is 5.75 Å². The normalized spacial score (nSPS) is 13.8. The van der Waals surface area contributed by atoms with Crippen LogP contribution >= 0.6 is 0 Å². The molecule has 0 saturated carbocycles. The van der Waals surface area contributed by atoms with Crippen molar-refractivity contribution in [2.24, 2.45) is 0 Å². The highest BCUT2D eigenvalue weighted by atomic mass is 32.2. The highest BCUT2D eigenvalue weighted by molar-refractivity contribution is 7.92. The molecule has 1 unspecified atom stereocenters. The Morgan fingerprint density at radius 2 is 1.74 bits per heavy atom. The summed E-state index contributed by atoms with van der Waals surface area (Å²) >= 11 is 0. The van der Waals surface area contributed by atoms with E-state index in [9.17, 15) is 27.9 Å². The van der Waals surface area contributed by atoms with Gasteiger partial charge in [-0.3, -0.25) is 19.6 Å². The molecule has 1 atom stereocenters. The molecule has 3 aromatic carbocycles. The summed E-state index contributed by atoms with van der Waals surface area (Å²) < 4.78 is 33.8. The molecule has 1 aliphatic rings. The number of rotatable bonds is 8. The van der Waals surface area contributed by atoms with Gasteiger partial charge in [0.2, 0.25) is 10.0 Å². The quantitative estimate of drug-likeness (QED) is 0.231. The zero-order valence-corrected chi connectivity index (χ0v) is 21.2. The molecular weight excluding hydrogens is 508 g/mol. The van der Waals surface area contributed by atoms with Crippen LogP contribution in [0.5, 0.6) is 5.75 Å². The number of sulfonamides is 1. The lowest BCUT2D eigenvalue weighted by Crippen LogP contribution is -2.21. The standard InChI is InChI=1S/C28H24N2O7S/c1-2-19(24-25(31)20-10-3-4-12-22(20)37-28(24)34)17-8-5-9-18(15-17)30-38(35,36)14-13-16-7-6-11-21-23(16)27(33)29-26(21)32/h3-12,15,19,30-31H,2,13-14H2,1H3,(H,29,32,33). The highest BCUT2D eigenvalue weighted by Crippen LogP contribution is 2.36. The first-order chi connectivity index (χ1) is 18.2. The van der Waals surface area contributed by atoms with Crippen LogP contribution in [0.1, 0.15) is 56.7 Å². The van der Waals surface area contributed by atoms with Crippen LogP contribution in [0.15, 0.2) is 75.9 Å². The molecule has 2 heterocycles. The van der Waals surface area contributed by atoms with Crippen molar-refractivity contribution in [2.75, 3.05) is 10.5 Å². The van der Waals surface area contributed by atoms with Gasteiger partial charge in [0.25, 0.3) is 11.8 Å². The van der Waals surface area contributed by atoms with E-state index in [1.807, 2.05) is 6.92 Å². The average molecular weight is 533 g/mol. The van der Waals surface area contributed by atoms with Gasteiger partial charge in [0, 0.05) is 11.6 Å². The van der Waals surface area contributed by atoms with Gasteiger partial charge in [-0.1, -0.05) is 43.3 Å². The Morgan fingerprint density at radius 3 is 2.53 bits per heavy atom. The lowest BCUT2D eigenvalue weighted by molar-refractivity contribution is 0.0879. The van der Waals surface area contributed by atoms with Crippen molar-refractivity contribution in [3.05, 3.63) is 105 Å². The summed E-state index contributed by atoms with van der Waals surface area (Å²) in [6, 6.07) is 18.1. The maximum atomic E-state index is 12.9. The topological polar surface area (TPSA) is 143 Å². The number of aromatic hydroxyl groups is 1. The number of fused-ring (bicyclic) bond motifs is 2. The molecule has 0 bridgehead atoms. The molecule has 1 aromatic heterocycles. The number of carbonyl (C=O) groups excluding carboxylic acids is 2. The van der Waals surface area contributed by atoms with Crippen LogP contribution < -0.4 is 15.7 Å². The van der Waals surface area contributed by atoms with Gasteiger partial charge in [-0.05, 0) is 54.3 Å². The van der Waals surface area contributed by atoms with E-state index < -0.39 is 33.4 Å². The maximum absolute atomic E-state index is 12.9. The molecule has 9 nitrogen and oxygen atoms in total. The first-order valence-corrected chi connectivity index (χ1v) is 13.7. The molecule has 4 aromatic rings. The van der Waals surface area contributed by atoms with E-state index in [1.54, 1.807) is 60.7 Å². The molecule has 38 heavy (non-hydrogen) atoms. The zero-order chi connectivity index (χ0) is 27.0. The summed E-state index contributed by atoms with van der Waals surface area (Å²) in [5.74, 6) is -2.05. The average Bonchev–Trinajstić information content (AvgIpc) is 3.19. The summed E-state index contributed by atoms with van der Waals surface area (Å²) in [4.78, 5) is 36.8. The van der Waals surface area contributed by atoms with Crippen LogP contribution in [0.2, 0.25) is 0 Å². The predicted molar refractivity (Wildman–Crippen MR) is 142 cm³/mol. The van der Waals surface area contributed by atoms with Crippen LogP contribution in [0, 0.1) is 0 Å². The zero-order valence-electron chi connectivity index (χ0n) is 20.4. The fourth-order valence-electron chi connectivity index (χ4n) is 4.85. The number of imide groups is 1. The summed E-state index contributed by atoms with van der Waals surface area (Å²) in [5.41, 5.74) is 1.55. The lowest BCUT2D eigenvalue weighted by Gasteiger charge is -2.18. The molecule has 3 N–H and O–H groups in total. The minimum absolute atomic E-state index is 0.0302. The Hall–Kier alpha value is -4.44. The fraction of sp³-hybridized carbons (Fsp3) is 0.179. The first-order valence-electron chi connectivity index (χ1n) is 12.0. The van der Waals surface area contributed by atoms with Gasteiger partial charge in [-0.15, -0.1) is 0 Å². The molecule has 0 radical (unpaired) electrons. The monoisotopic (exact) mass is 532 g/mol. The summed E-state index contributed by atoms with van der Waals surface area (Å²) in [6.45, 7) is 1.86. The molecule has 1 aliphatic heterocycles. The van der Waals surface area contributed by atoms with Crippen molar-refractivity contribution in [3.63, 3.8) is 0 Å². The molecule has 194 valence electrons. The number of hydrogen-bond acceptors (Lipinski definition) is 7. The Morgan fingerprint density at radius 1 is 0.974 bits per heavy atom. The number of benzene rings is 3. The third kappa shape index (κ3) is 4.66. The number of nitrogens with one attached hydrogen (secondary N) is 2. The van der Waals surface area contributed by atoms with Crippen LogP contribution in [0.4, 0.5) is 5.69 Å². The molecule has 2 amide bonds. The van der Waals surface area contributed by atoms with Gasteiger partial charge in [0.15, 0.2) is 0 Å². The van der Waals surface area contributed by atoms with Crippen LogP contribution in [-0.2, 0) is 16.4 Å². The predicted octanol–water partition coefficient (Wildman–Crippen LogP) is 3.91. The molecule has 10 heteroatoms. The summed E-state index contributed by atoms with van der Waals surface area (Å²) in [5, 5.41) is 13.5. The second-order valence-corrected chi connectivity index (χ2v) is 10.9. The molecule has 0 spiro atoms. The van der Waals surface area contributed by atoms with Gasteiger partial charge in [0.05, 0.1) is 27.8 Å². The van der Waals surface area contributed by atoms with Crippen LogP contribution in [-0.4, -0.2) is 31.1 Å². The Bertz CT molecular complexity index is 1760. The smallest absolute Gasteiger partial charge is 0.343 e.